The molecule has 0 aliphatic heterocycles. The molecule has 1 atom stereocenters. The van der Waals surface area contributed by atoms with Crippen molar-refractivity contribution >= 4 is 5.69 Å². The Morgan fingerprint density at radius 1 is 1.53 bits per heavy atom. The maximum absolute atomic E-state index is 12.9. The summed E-state index contributed by atoms with van der Waals surface area (Å²) in [6.07, 6.45) is 0. The highest BCUT2D eigenvalue weighted by Gasteiger charge is 2.07. The second kappa shape index (κ2) is 5.68. The maximum atomic E-state index is 12.9. The lowest BCUT2D eigenvalue weighted by Gasteiger charge is -2.22. The molecule has 15 heavy (non-hydrogen) atoms. The molecule has 84 valence electrons. The Labute approximate surface area is 89.6 Å². The van der Waals surface area contributed by atoms with Crippen molar-refractivity contribution in [3.63, 3.8) is 0 Å². The first-order chi connectivity index (χ1) is 7.13. The molecule has 0 saturated carbocycles. The zero-order valence-electron chi connectivity index (χ0n) is 9.11. The van der Waals surface area contributed by atoms with Crippen molar-refractivity contribution in [2.45, 2.75) is 6.04 Å². The first-order valence-electron chi connectivity index (χ1n) is 4.84. The standard InChI is InChI=1S/C11H17FN2O/c1-14(7-10(13)8-15-2)11-5-3-4-9(12)6-11/h3-6,10H,7-8,13H2,1-2H3. The monoisotopic (exact) mass is 212 g/mol. The number of likely N-dealkylation sites (N-methyl/N-ethyl adjacent to an activating group) is 1. The number of methoxy groups -OCH3 is 1. The highest BCUT2D eigenvalue weighted by molar-refractivity contribution is 5.45. The first kappa shape index (κ1) is 11.9. The fourth-order valence-corrected chi connectivity index (χ4v) is 1.44. The van der Waals surface area contributed by atoms with Crippen LogP contribution in [0.2, 0.25) is 0 Å². The highest BCUT2D eigenvalue weighted by Crippen LogP contribution is 2.13. The lowest BCUT2D eigenvalue weighted by Crippen LogP contribution is -2.38. The molecule has 2 N–H and O–H groups in total. The smallest absolute Gasteiger partial charge is 0.125 e. The van der Waals surface area contributed by atoms with E-state index < -0.39 is 0 Å². The number of nitrogens with two attached hydrogens (primary N) is 1. The largest absolute Gasteiger partial charge is 0.383 e. The Morgan fingerprint density at radius 3 is 2.87 bits per heavy atom. The van der Waals surface area contributed by atoms with Gasteiger partial charge in [-0.05, 0) is 18.2 Å². The highest BCUT2D eigenvalue weighted by atomic mass is 19.1. The van der Waals surface area contributed by atoms with Crippen LogP contribution in [-0.2, 0) is 4.74 Å². The van der Waals surface area contributed by atoms with Crippen LogP contribution < -0.4 is 10.6 Å². The van der Waals surface area contributed by atoms with Gasteiger partial charge >= 0.3 is 0 Å². The van der Waals surface area contributed by atoms with Gasteiger partial charge in [0.15, 0.2) is 0 Å². The third kappa shape index (κ3) is 3.85. The molecule has 4 heteroatoms. The van der Waals surface area contributed by atoms with Crippen LogP contribution in [0.4, 0.5) is 10.1 Å². The molecule has 1 rings (SSSR count). The summed E-state index contributed by atoms with van der Waals surface area (Å²) in [6, 6.07) is 6.38. The molecular formula is C11H17FN2O. The molecule has 0 spiro atoms. The normalized spacial score (nSPS) is 12.5. The predicted octanol–water partition coefficient (Wildman–Crippen LogP) is 1.24. The Morgan fingerprint density at radius 2 is 2.27 bits per heavy atom. The minimum absolute atomic E-state index is 0.0664. The summed E-state index contributed by atoms with van der Waals surface area (Å²) in [7, 11) is 3.49. The molecule has 1 aromatic carbocycles. The SMILES string of the molecule is COCC(N)CN(C)c1cccc(F)c1. The van der Waals surface area contributed by atoms with E-state index in [1.54, 1.807) is 13.2 Å². The van der Waals surface area contributed by atoms with Gasteiger partial charge in [0.2, 0.25) is 0 Å². The van der Waals surface area contributed by atoms with Gasteiger partial charge in [0, 0.05) is 32.4 Å². The predicted molar refractivity (Wildman–Crippen MR) is 59.5 cm³/mol. The summed E-state index contributed by atoms with van der Waals surface area (Å²) in [5.74, 6) is -0.236. The average Bonchev–Trinajstić information content (AvgIpc) is 2.18. The van der Waals surface area contributed by atoms with Gasteiger partial charge in [-0.2, -0.15) is 0 Å². The van der Waals surface area contributed by atoms with Crippen LogP contribution in [-0.4, -0.2) is 33.4 Å². The molecule has 0 bridgehead atoms. The number of ether oxygens (including phenoxy) is 1. The third-order valence-electron chi connectivity index (χ3n) is 2.14. The van der Waals surface area contributed by atoms with Crippen molar-refractivity contribution in [1.82, 2.24) is 0 Å². The lowest BCUT2D eigenvalue weighted by atomic mass is 10.2. The van der Waals surface area contributed by atoms with Gasteiger partial charge < -0.3 is 15.4 Å². The number of anilines is 1. The Kier molecular flexibility index (Phi) is 4.52. The summed E-state index contributed by atoms with van der Waals surface area (Å²) in [5.41, 5.74) is 6.62. The zero-order valence-corrected chi connectivity index (χ0v) is 9.11. The molecule has 0 fully saturated rings. The molecule has 0 heterocycles. The number of hydrogen-bond donors (Lipinski definition) is 1. The van der Waals surface area contributed by atoms with Gasteiger partial charge in [-0.1, -0.05) is 6.07 Å². The van der Waals surface area contributed by atoms with E-state index in [1.807, 2.05) is 18.0 Å². The fourth-order valence-electron chi connectivity index (χ4n) is 1.44. The van der Waals surface area contributed by atoms with Crippen molar-refractivity contribution in [2.24, 2.45) is 5.73 Å². The summed E-state index contributed by atoms with van der Waals surface area (Å²) < 4.78 is 17.9. The van der Waals surface area contributed by atoms with Crippen molar-refractivity contribution in [3.8, 4) is 0 Å². The van der Waals surface area contributed by atoms with Crippen molar-refractivity contribution in [3.05, 3.63) is 30.1 Å². The maximum Gasteiger partial charge on any atom is 0.125 e. The van der Waals surface area contributed by atoms with Crippen LogP contribution in [0, 0.1) is 5.82 Å². The van der Waals surface area contributed by atoms with E-state index >= 15 is 0 Å². The van der Waals surface area contributed by atoms with Gasteiger partial charge in [-0.15, -0.1) is 0 Å². The molecule has 0 aromatic heterocycles. The Bertz CT molecular complexity index is 306. The number of benzene rings is 1. The van der Waals surface area contributed by atoms with Crippen LogP contribution >= 0.6 is 0 Å². The first-order valence-corrected chi connectivity index (χ1v) is 4.84. The van der Waals surface area contributed by atoms with Crippen LogP contribution in [0.3, 0.4) is 0 Å². The van der Waals surface area contributed by atoms with Gasteiger partial charge in [-0.3, -0.25) is 0 Å². The number of hydrogen-bond acceptors (Lipinski definition) is 3. The molecule has 0 aliphatic carbocycles. The van der Waals surface area contributed by atoms with Gasteiger partial charge in [0.1, 0.15) is 5.82 Å². The second-order valence-corrected chi connectivity index (χ2v) is 3.58. The molecule has 1 aromatic rings. The lowest BCUT2D eigenvalue weighted by molar-refractivity contribution is 0.181. The number of halogens is 1. The van der Waals surface area contributed by atoms with Crippen molar-refractivity contribution in [2.75, 3.05) is 32.2 Å². The molecule has 0 saturated heterocycles. The molecule has 0 aliphatic rings. The van der Waals surface area contributed by atoms with E-state index in [1.165, 1.54) is 12.1 Å². The molecule has 1 unspecified atom stereocenters. The summed E-state index contributed by atoms with van der Waals surface area (Å²) in [5, 5.41) is 0. The van der Waals surface area contributed by atoms with Crippen LogP contribution in [0.15, 0.2) is 24.3 Å². The van der Waals surface area contributed by atoms with Crippen molar-refractivity contribution in [1.29, 1.82) is 0 Å². The van der Waals surface area contributed by atoms with E-state index in [9.17, 15) is 4.39 Å². The van der Waals surface area contributed by atoms with Crippen molar-refractivity contribution < 1.29 is 9.13 Å². The van der Waals surface area contributed by atoms with E-state index in [0.717, 1.165) is 5.69 Å². The van der Waals surface area contributed by atoms with E-state index in [4.69, 9.17) is 10.5 Å². The summed E-state index contributed by atoms with van der Waals surface area (Å²) in [4.78, 5) is 1.91. The van der Waals surface area contributed by atoms with Crippen LogP contribution in [0.1, 0.15) is 0 Å². The van der Waals surface area contributed by atoms with Crippen LogP contribution in [0.5, 0.6) is 0 Å². The topological polar surface area (TPSA) is 38.5 Å². The van der Waals surface area contributed by atoms with E-state index in [2.05, 4.69) is 0 Å². The number of nitrogens with zero attached hydrogens (tertiary/aromatic N) is 1. The van der Waals surface area contributed by atoms with Gasteiger partial charge in [-0.25, -0.2) is 4.39 Å². The Hall–Kier alpha value is -1.13. The minimum atomic E-state index is -0.236. The quantitative estimate of drug-likeness (QED) is 0.798. The minimum Gasteiger partial charge on any atom is -0.383 e. The summed E-state index contributed by atoms with van der Waals surface area (Å²) in [6.45, 7) is 1.14. The van der Waals surface area contributed by atoms with Gasteiger partial charge in [0.25, 0.3) is 0 Å². The van der Waals surface area contributed by atoms with E-state index in [-0.39, 0.29) is 11.9 Å². The molecular weight excluding hydrogens is 195 g/mol. The Balaban J connectivity index is 2.56. The molecule has 0 radical (unpaired) electrons. The fraction of sp³-hybridized carbons (Fsp3) is 0.455. The summed E-state index contributed by atoms with van der Waals surface area (Å²) >= 11 is 0. The zero-order chi connectivity index (χ0) is 11.3. The average molecular weight is 212 g/mol. The molecule has 3 nitrogen and oxygen atoms in total. The second-order valence-electron chi connectivity index (χ2n) is 3.58. The van der Waals surface area contributed by atoms with E-state index in [0.29, 0.717) is 13.2 Å². The van der Waals surface area contributed by atoms with Crippen LogP contribution in [0.25, 0.3) is 0 Å². The van der Waals surface area contributed by atoms with Gasteiger partial charge in [0.05, 0.1) is 6.61 Å². The molecule has 0 amide bonds. The number of rotatable bonds is 5. The third-order valence-corrected chi connectivity index (χ3v) is 2.14.